The van der Waals surface area contributed by atoms with Gasteiger partial charge in [0.1, 0.15) is 17.5 Å². The van der Waals surface area contributed by atoms with E-state index in [2.05, 4.69) is 17.2 Å². The van der Waals surface area contributed by atoms with Crippen molar-refractivity contribution in [1.29, 1.82) is 0 Å². The normalized spacial score (nSPS) is 17.5. The summed E-state index contributed by atoms with van der Waals surface area (Å²) in [7, 11) is 0. The summed E-state index contributed by atoms with van der Waals surface area (Å²) in [6.45, 7) is 4.88. The molecule has 1 atom stereocenters. The molecule has 2 aliphatic rings. The van der Waals surface area contributed by atoms with Gasteiger partial charge in [-0.3, -0.25) is 9.59 Å². The van der Waals surface area contributed by atoms with Crippen molar-refractivity contribution in [3.05, 3.63) is 102 Å². The van der Waals surface area contributed by atoms with Gasteiger partial charge in [0.05, 0.1) is 0 Å². The highest BCUT2D eigenvalue weighted by Gasteiger charge is 2.38. The molecule has 2 heterocycles. The van der Waals surface area contributed by atoms with Gasteiger partial charge in [0.15, 0.2) is 0 Å². The summed E-state index contributed by atoms with van der Waals surface area (Å²) in [5.41, 5.74) is 4.32. The van der Waals surface area contributed by atoms with Gasteiger partial charge in [0.2, 0.25) is 5.91 Å². The van der Waals surface area contributed by atoms with E-state index in [4.69, 9.17) is 4.74 Å². The van der Waals surface area contributed by atoms with Crippen molar-refractivity contribution in [3.63, 3.8) is 0 Å². The summed E-state index contributed by atoms with van der Waals surface area (Å²) < 4.78 is 5.92. The molecular weight excluding hydrogens is 414 g/mol. The first-order valence-corrected chi connectivity index (χ1v) is 11.0. The summed E-state index contributed by atoms with van der Waals surface area (Å²) in [6, 6.07) is 22.9. The number of rotatable bonds is 6. The molecule has 33 heavy (non-hydrogen) atoms. The molecule has 1 saturated heterocycles. The maximum absolute atomic E-state index is 12.9. The average molecular weight is 440 g/mol. The zero-order chi connectivity index (χ0) is 22.8. The van der Waals surface area contributed by atoms with Gasteiger partial charge in [0, 0.05) is 30.0 Å². The van der Waals surface area contributed by atoms with Crippen LogP contribution in [0.4, 0.5) is 5.69 Å². The number of piperidine rings is 1. The summed E-state index contributed by atoms with van der Waals surface area (Å²) >= 11 is 0. The maximum atomic E-state index is 12.9. The van der Waals surface area contributed by atoms with Crippen molar-refractivity contribution in [3.8, 4) is 11.5 Å². The Balaban J connectivity index is 1.24. The maximum Gasteiger partial charge on any atom is 0.255 e. The van der Waals surface area contributed by atoms with Crippen LogP contribution in [0.5, 0.6) is 11.5 Å². The lowest BCUT2D eigenvalue weighted by atomic mass is 10.0. The minimum absolute atomic E-state index is 0.0880. The molecule has 1 unspecified atom stereocenters. The summed E-state index contributed by atoms with van der Waals surface area (Å²) in [4.78, 5) is 26.9. The molecule has 2 amide bonds. The van der Waals surface area contributed by atoms with Crippen LogP contribution in [-0.4, -0.2) is 22.8 Å². The van der Waals surface area contributed by atoms with Crippen LogP contribution in [0.3, 0.4) is 0 Å². The number of nitrogens with one attached hydrogen (secondary N) is 2. The molecule has 1 fully saturated rings. The molecule has 0 aromatic heterocycles. The molecule has 0 radical (unpaired) electrons. The Morgan fingerprint density at radius 1 is 1.00 bits per heavy atom. The van der Waals surface area contributed by atoms with E-state index in [0.717, 1.165) is 28.3 Å². The van der Waals surface area contributed by atoms with Crippen molar-refractivity contribution in [2.24, 2.45) is 0 Å². The van der Waals surface area contributed by atoms with Crippen LogP contribution in [0.25, 0.3) is 0 Å². The molecule has 3 aromatic rings. The zero-order valence-corrected chi connectivity index (χ0v) is 18.2. The zero-order valence-electron chi connectivity index (χ0n) is 18.2. The summed E-state index contributed by atoms with van der Waals surface area (Å²) in [5.74, 6) is 1.34. The highest BCUT2D eigenvalue weighted by atomic mass is 16.5. The fraction of sp³-hybridized carbons (Fsp3) is 0.185. The Labute approximate surface area is 192 Å². The summed E-state index contributed by atoms with van der Waals surface area (Å²) in [6.07, 6.45) is 1.30. The largest absolute Gasteiger partial charge is 0.457 e. The number of carbonyl (C=O) groups is 2. The smallest absolute Gasteiger partial charge is 0.255 e. The van der Waals surface area contributed by atoms with Crippen molar-refractivity contribution in [1.82, 2.24) is 10.2 Å². The van der Waals surface area contributed by atoms with E-state index >= 15 is 0 Å². The molecule has 2 N–H and O–H groups in total. The number of benzene rings is 3. The third-order valence-corrected chi connectivity index (χ3v) is 6.01. The van der Waals surface area contributed by atoms with Crippen molar-refractivity contribution >= 4 is 17.5 Å². The topological polar surface area (TPSA) is 70.7 Å². The van der Waals surface area contributed by atoms with Gasteiger partial charge in [-0.15, -0.1) is 0 Å². The predicted octanol–water partition coefficient (Wildman–Crippen LogP) is 4.84. The lowest BCUT2D eigenvalue weighted by Gasteiger charge is -2.30. The van der Waals surface area contributed by atoms with Gasteiger partial charge in [-0.25, -0.2) is 0 Å². The number of para-hydroxylation sites is 1. The van der Waals surface area contributed by atoms with Crippen LogP contribution in [0, 0.1) is 0 Å². The van der Waals surface area contributed by atoms with Crippen LogP contribution in [-0.2, 0) is 17.9 Å². The lowest BCUT2D eigenvalue weighted by Crippen LogP contribution is -2.49. The SMILES string of the molecule is C=C1CCC(N2Cc3cc(NCc4cccc(Oc5ccccc5)c4)ccc3C2=O)C(=O)N1. The monoisotopic (exact) mass is 439 g/mol. The molecule has 166 valence electrons. The first kappa shape index (κ1) is 20.8. The number of allylic oxidation sites excluding steroid dienone is 1. The van der Waals surface area contributed by atoms with Crippen LogP contribution >= 0.6 is 0 Å². The molecule has 0 spiro atoms. The Morgan fingerprint density at radius 3 is 2.64 bits per heavy atom. The molecule has 6 nitrogen and oxygen atoms in total. The molecule has 5 rings (SSSR count). The van der Waals surface area contributed by atoms with Gasteiger partial charge in [-0.05, 0) is 66.4 Å². The Kier molecular flexibility index (Phi) is 5.57. The second-order valence-corrected chi connectivity index (χ2v) is 8.37. The molecule has 3 aromatic carbocycles. The number of fused-ring (bicyclic) bond motifs is 1. The standard InChI is InChI=1S/C27H25N3O3/c1-18-10-13-25(26(31)29-18)30-17-20-15-21(11-12-24(20)27(30)32)28-16-19-6-5-9-23(14-19)33-22-7-3-2-4-8-22/h2-9,11-12,14-15,25,28H,1,10,13,16-17H2,(H,29,31). The molecule has 6 heteroatoms. The minimum atomic E-state index is -0.445. The summed E-state index contributed by atoms with van der Waals surface area (Å²) in [5, 5.41) is 6.20. The van der Waals surface area contributed by atoms with Gasteiger partial charge in [-0.1, -0.05) is 36.9 Å². The number of amides is 2. The fourth-order valence-electron chi connectivity index (χ4n) is 4.31. The Hall–Kier alpha value is -4.06. The van der Waals surface area contributed by atoms with E-state index in [1.165, 1.54) is 0 Å². The van der Waals surface area contributed by atoms with Crippen LogP contribution < -0.4 is 15.4 Å². The van der Waals surface area contributed by atoms with Crippen LogP contribution in [0.1, 0.15) is 34.3 Å². The number of hydrogen-bond donors (Lipinski definition) is 2. The third-order valence-electron chi connectivity index (χ3n) is 6.01. The van der Waals surface area contributed by atoms with E-state index in [0.29, 0.717) is 37.2 Å². The Bertz CT molecular complexity index is 1220. The molecule has 2 aliphatic heterocycles. The number of carbonyl (C=O) groups excluding carboxylic acids is 2. The number of nitrogens with zero attached hydrogens (tertiary/aromatic N) is 1. The highest BCUT2D eigenvalue weighted by Crippen LogP contribution is 2.30. The van der Waals surface area contributed by atoms with Crippen molar-refractivity contribution < 1.29 is 14.3 Å². The minimum Gasteiger partial charge on any atom is -0.457 e. The van der Waals surface area contributed by atoms with Gasteiger partial charge >= 0.3 is 0 Å². The third kappa shape index (κ3) is 4.46. The van der Waals surface area contributed by atoms with Gasteiger partial charge in [-0.2, -0.15) is 0 Å². The Morgan fingerprint density at radius 2 is 1.82 bits per heavy atom. The second kappa shape index (κ2) is 8.82. The predicted molar refractivity (Wildman–Crippen MR) is 127 cm³/mol. The van der Waals surface area contributed by atoms with E-state index in [1.54, 1.807) is 4.90 Å². The lowest BCUT2D eigenvalue weighted by molar-refractivity contribution is -0.126. The molecule has 0 aliphatic carbocycles. The first-order chi connectivity index (χ1) is 16.1. The van der Waals surface area contributed by atoms with E-state index in [1.807, 2.05) is 72.8 Å². The van der Waals surface area contributed by atoms with Gasteiger partial charge in [0.25, 0.3) is 5.91 Å². The first-order valence-electron chi connectivity index (χ1n) is 11.0. The highest BCUT2D eigenvalue weighted by molar-refractivity contribution is 6.01. The number of anilines is 1. The van der Waals surface area contributed by atoms with Crippen molar-refractivity contribution in [2.45, 2.75) is 32.0 Å². The van der Waals surface area contributed by atoms with Crippen LogP contribution in [0.15, 0.2) is 85.1 Å². The molecule has 0 saturated carbocycles. The average Bonchev–Trinajstić information content (AvgIpc) is 3.14. The van der Waals surface area contributed by atoms with E-state index in [9.17, 15) is 9.59 Å². The molecule has 0 bridgehead atoms. The number of ether oxygens (including phenoxy) is 1. The quantitative estimate of drug-likeness (QED) is 0.577. The van der Waals surface area contributed by atoms with Gasteiger partial charge < -0.3 is 20.3 Å². The molecular formula is C27H25N3O3. The van der Waals surface area contributed by atoms with E-state index in [-0.39, 0.29) is 11.8 Å². The number of hydrogen-bond acceptors (Lipinski definition) is 4. The van der Waals surface area contributed by atoms with Crippen LogP contribution in [0.2, 0.25) is 0 Å². The second-order valence-electron chi connectivity index (χ2n) is 8.37. The van der Waals surface area contributed by atoms with Crippen molar-refractivity contribution in [2.75, 3.05) is 5.32 Å². The van der Waals surface area contributed by atoms with E-state index < -0.39 is 6.04 Å². The fourth-order valence-corrected chi connectivity index (χ4v) is 4.31.